The third-order valence-electron chi connectivity index (χ3n) is 3.93. The van der Waals surface area contributed by atoms with Gasteiger partial charge in [0.25, 0.3) is 0 Å². The molecule has 2 aromatic rings. The molecule has 0 saturated heterocycles. The first kappa shape index (κ1) is 17.7. The average molecular weight is 336 g/mol. The van der Waals surface area contributed by atoms with Gasteiger partial charge in [0.2, 0.25) is 9.84 Å². The third-order valence-corrected chi connectivity index (χ3v) is 5.99. The molecule has 0 aliphatic heterocycles. The van der Waals surface area contributed by atoms with Crippen LogP contribution in [0.25, 0.3) is 10.8 Å². The van der Waals surface area contributed by atoms with E-state index in [9.17, 15) is 8.42 Å². The number of nitrogens with two attached hydrogens (primary N) is 1. The molecule has 0 spiro atoms. The molecule has 6 heteroatoms. The third kappa shape index (κ3) is 3.83. The van der Waals surface area contributed by atoms with E-state index in [1.54, 1.807) is 6.07 Å². The van der Waals surface area contributed by atoms with Crippen molar-refractivity contribution in [2.75, 3.05) is 52.1 Å². The number of nitrogens with zero attached hydrogens (tertiary/aromatic N) is 2. The van der Waals surface area contributed by atoms with Crippen molar-refractivity contribution < 1.29 is 12.9 Å². The summed E-state index contributed by atoms with van der Waals surface area (Å²) in [4.78, 5) is 2.38. The van der Waals surface area contributed by atoms with Crippen molar-refractivity contribution in [2.45, 2.75) is 4.90 Å². The van der Waals surface area contributed by atoms with Gasteiger partial charge in [0.05, 0.1) is 25.5 Å². The topological polar surface area (TPSA) is 63.4 Å². The smallest absolute Gasteiger partial charge is 0.229 e. The minimum absolute atomic E-state index is 0.0372. The fourth-order valence-corrected chi connectivity index (χ4v) is 4.86. The summed E-state index contributed by atoms with van der Waals surface area (Å²) in [5.41, 5.74) is 6.61. The highest BCUT2D eigenvalue weighted by Crippen LogP contribution is 2.31. The van der Waals surface area contributed by atoms with E-state index in [1.165, 1.54) is 0 Å². The van der Waals surface area contributed by atoms with Gasteiger partial charge in [-0.2, -0.15) is 0 Å². The average Bonchev–Trinajstić information content (AvgIpc) is 2.44. The van der Waals surface area contributed by atoms with Crippen LogP contribution < -0.4 is 10.6 Å². The zero-order valence-corrected chi connectivity index (χ0v) is 15.1. The van der Waals surface area contributed by atoms with E-state index < -0.39 is 9.84 Å². The van der Waals surface area contributed by atoms with E-state index in [1.807, 2.05) is 63.4 Å². The predicted molar refractivity (Wildman–Crippen MR) is 96.4 cm³/mol. The van der Waals surface area contributed by atoms with E-state index in [0.717, 1.165) is 16.5 Å². The minimum Gasteiger partial charge on any atom is -0.377 e. The molecule has 0 radical (unpaired) electrons. The molecule has 0 atom stereocenters. The lowest BCUT2D eigenvalue weighted by molar-refractivity contribution is -0.876. The SMILES string of the molecule is CN(C)c1cccc2c(S(=O)(=O)C[N+](C)(C)CCN)cccc12. The fourth-order valence-electron chi connectivity index (χ4n) is 2.87. The van der Waals surface area contributed by atoms with Crippen LogP contribution in [0.15, 0.2) is 41.3 Å². The van der Waals surface area contributed by atoms with Crippen molar-refractivity contribution in [3.05, 3.63) is 36.4 Å². The van der Waals surface area contributed by atoms with Crippen LogP contribution in [0.5, 0.6) is 0 Å². The zero-order chi connectivity index (χ0) is 17.3. The lowest BCUT2D eigenvalue weighted by Gasteiger charge is -2.29. The van der Waals surface area contributed by atoms with Crippen LogP contribution in [0.2, 0.25) is 0 Å². The highest BCUT2D eigenvalue weighted by atomic mass is 32.2. The number of sulfone groups is 1. The molecule has 5 nitrogen and oxygen atoms in total. The Bertz CT molecular complexity index is 799. The van der Waals surface area contributed by atoms with Gasteiger partial charge in [-0.15, -0.1) is 0 Å². The Morgan fingerprint density at radius 3 is 2.26 bits per heavy atom. The summed E-state index contributed by atoms with van der Waals surface area (Å²) in [6.45, 7) is 1.08. The van der Waals surface area contributed by atoms with Gasteiger partial charge in [0.1, 0.15) is 0 Å². The van der Waals surface area contributed by atoms with Crippen molar-refractivity contribution in [2.24, 2.45) is 5.73 Å². The number of anilines is 1. The summed E-state index contributed by atoms with van der Waals surface area (Å²) in [7, 11) is 4.28. The van der Waals surface area contributed by atoms with Gasteiger partial charge >= 0.3 is 0 Å². The van der Waals surface area contributed by atoms with Gasteiger partial charge < -0.3 is 15.1 Å². The van der Waals surface area contributed by atoms with Crippen LogP contribution in [0, 0.1) is 0 Å². The Balaban J connectivity index is 2.58. The van der Waals surface area contributed by atoms with Crippen LogP contribution in [0.1, 0.15) is 0 Å². The van der Waals surface area contributed by atoms with Gasteiger partial charge in [-0.1, -0.05) is 24.3 Å². The van der Waals surface area contributed by atoms with Crippen LogP contribution in [0.4, 0.5) is 5.69 Å². The van der Waals surface area contributed by atoms with Crippen LogP contribution in [0.3, 0.4) is 0 Å². The van der Waals surface area contributed by atoms with Crippen LogP contribution in [-0.2, 0) is 9.84 Å². The van der Waals surface area contributed by atoms with Gasteiger partial charge in [0.15, 0.2) is 5.88 Å². The Morgan fingerprint density at radius 1 is 1.04 bits per heavy atom. The van der Waals surface area contributed by atoms with E-state index in [0.29, 0.717) is 22.5 Å². The monoisotopic (exact) mass is 336 g/mol. The van der Waals surface area contributed by atoms with Crippen molar-refractivity contribution in [1.82, 2.24) is 0 Å². The Labute approximate surface area is 138 Å². The lowest BCUT2D eigenvalue weighted by Crippen LogP contribution is -2.46. The number of hydrogen-bond acceptors (Lipinski definition) is 4. The van der Waals surface area contributed by atoms with Gasteiger partial charge in [-0.3, -0.25) is 0 Å². The number of hydrogen-bond donors (Lipinski definition) is 1. The molecule has 2 rings (SSSR count). The molecule has 0 bridgehead atoms. The Morgan fingerprint density at radius 2 is 1.65 bits per heavy atom. The number of quaternary nitrogens is 1. The summed E-state index contributed by atoms with van der Waals surface area (Å²) in [5, 5.41) is 1.72. The fraction of sp³-hybridized carbons (Fsp3) is 0.412. The second-order valence-corrected chi connectivity index (χ2v) is 8.64. The first-order valence-corrected chi connectivity index (χ1v) is 9.27. The highest BCUT2D eigenvalue weighted by molar-refractivity contribution is 7.91. The van der Waals surface area contributed by atoms with Crippen LogP contribution in [-0.4, -0.2) is 60.1 Å². The summed E-state index contributed by atoms with van der Waals surface area (Å²) >= 11 is 0. The van der Waals surface area contributed by atoms with E-state index in [4.69, 9.17) is 5.73 Å². The molecule has 2 aromatic carbocycles. The predicted octanol–water partition coefficient (Wildman–Crippen LogP) is 1.67. The molecule has 0 amide bonds. The second-order valence-electron chi connectivity index (χ2n) is 6.71. The molecule has 0 heterocycles. The quantitative estimate of drug-likeness (QED) is 0.815. The van der Waals surface area contributed by atoms with Crippen molar-refractivity contribution >= 4 is 26.3 Å². The molecule has 0 fully saturated rings. The number of likely N-dealkylation sites (N-methyl/N-ethyl adjacent to an activating group) is 1. The molecule has 23 heavy (non-hydrogen) atoms. The molecular formula is C17H26N3O2S+. The summed E-state index contributed by atoms with van der Waals surface area (Å²) in [6, 6.07) is 11.2. The summed E-state index contributed by atoms with van der Waals surface area (Å²) in [5.74, 6) is 0.0372. The number of rotatable bonds is 6. The maximum atomic E-state index is 12.9. The number of fused-ring (bicyclic) bond motifs is 1. The Kier molecular flexibility index (Phi) is 4.98. The largest absolute Gasteiger partial charge is 0.377 e. The second kappa shape index (κ2) is 6.47. The maximum Gasteiger partial charge on any atom is 0.229 e. The van der Waals surface area contributed by atoms with E-state index in [2.05, 4.69) is 0 Å². The molecule has 2 N–H and O–H groups in total. The zero-order valence-electron chi connectivity index (χ0n) is 14.3. The van der Waals surface area contributed by atoms with Crippen molar-refractivity contribution in [1.29, 1.82) is 0 Å². The van der Waals surface area contributed by atoms with Crippen molar-refractivity contribution in [3.63, 3.8) is 0 Å². The van der Waals surface area contributed by atoms with Gasteiger partial charge in [0, 0.05) is 37.1 Å². The van der Waals surface area contributed by atoms with E-state index >= 15 is 0 Å². The number of benzene rings is 2. The normalized spacial score (nSPS) is 12.6. The molecule has 0 aliphatic carbocycles. The van der Waals surface area contributed by atoms with Crippen molar-refractivity contribution in [3.8, 4) is 0 Å². The minimum atomic E-state index is -3.41. The Hall–Kier alpha value is -1.63. The van der Waals surface area contributed by atoms with Gasteiger partial charge in [-0.05, 0) is 12.1 Å². The molecule has 0 saturated carbocycles. The first-order valence-electron chi connectivity index (χ1n) is 7.62. The maximum absolute atomic E-state index is 12.9. The van der Waals surface area contributed by atoms with Gasteiger partial charge in [-0.25, -0.2) is 8.42 Å². The summed E-state index contributed by atoms with van der Waals surface area (Å²) in [6.07, 6.45) is 0. The molecule has 0 aromatic heterocycles. The summed E-state index contributed by atoms with van der Waals surface area (Å²) < 4.78 is 26.2. The first-order chi connectivity index (χ1) is 10.7. The molecule has 0 unspecified atom stereocenters. The standard InChI is InChI=1S/C17H26N3O2S/c1-19(2)16-9-5-8-15-14(16)7-6-10-17(15)23(21,22)13-20(3,4)12-11-18/h5-10H,11-13,18H2,1-4H3/q+1. The molecule has 0 aliphatic rings. The highest BCUT2D eigenvalue weighted by Gasteiger charge is 2.27. The van der Waals surface area contributed by atoms with E-state index in [-0.39, 0.29) is 5.88 Å². The van der Waals surface area contributed by atoms with Crippen LogP contribution >= 0.6 is 0 Å². The lowest BCUT2D eigenvalue weighted by atomic mass is 10.1. The molecule has 126 valence electrons. The molecular weight excluding hydrogens is 310 g/mol.